The zero-order valence-corrected chi connectivity index (χ0v) is 12.0. The number of nitrogens with two attached hydrogens (primary N) is 1. The molecule has 3 N–H and O–H groups in total. The first kappa shape index (κ1) is 19.5. The number of nitrogens with zero attached hydrogens (tertiary/aromatic N) is 1. The van der Waals surface area contributed by atoms with E-state index >= 15 is 0 Å². The van der Waals surface area contributed by atoms with E-state index < -0.39 is 0 Å². The smallest absolute Gasteiger partial charge is 0.227 e. The van der Waals surface area contributed by atoms with Gasteiger partial charge in [0, 0.05) is 19.9 Å². The molecule has 0 aromatic carbocycles. The third kappa shape index (κ3) is 6.16. The normalized spacial score (nSPS) is 10.8. The Kier molecular flexibility index (Phi) is 10.9. The number of aryl methyl sites for hydroxylation is 1. The molecule has 18 heavy (non-hydrogen) atoms. The van der Waals surface area contributed by atoms with Crippen molar-refractivity contribution in [3.8, 4) is 0 Å². The van der Waals surface area contributed by atoms with Crippen LogP contribution in [-0.4, -0.2) is 30.6 Å². The summed E-state index contributed by atoms with van der Waals surface area (Å²) < 4.78 is 5.04. The Hall–Kier alpha value is -0.880. The molecule has 0 aliphatic rings. The molecule has 1 aromatic rings. The molecule has 0 aliphatic carbocycles. The molecule has 1 aromatic heterocycles. The number of anilines is 1. The number of hydrogen-bond donors (Lipinski definition) is 2. The van der Waals surface area contributed by atoms with Gasteiger partial charge in [0.25, 0.3) is 0 Å². The lowest BCUT2D eigenvalue weighted by Gasteiger charge is -2.13. The minimum Gasteiger partial charge on any atom is -0.380 e. The maximum Gasteiger partial charge on any atom is 0.227 e. The number of carbonyl (C=O) groups is 1. The molecular weight excluding hydrogens is 277 g/mol. The highest BCUT2D eigenvalue weighted by Crippen LogP contribution is 2.12. The monoisotopic (exact) mass is 295 g/mol. The van der Waals surface area contributed by atoms with Crippen molar-refractivity contribution in [2.45, 2.75) is 19.4 Å². The van der Waals surface area contributed by atoms with Crippen molar-refractivity contribution in [3.05, 3.63) is 24.0 Å². The second-order valence-corrected chi connectivity index (χ2v) is 3.54. The number of amides is 1. The van der Waals surface area contributed by atoms with E-state index in [0.717, 1.165) is 11.3 Å². The molecule has 1 amide bonds. The predicted octanol–water partition coefficient (Wildman–Crippen LogP) is 1.54. The van der Waals surface area contributed by atoms with Crippen molar-refractivity contribution in [1.82, 2.24) is 4.98 Å². The lowest BCUT2D eigenvalue weighted by Crippen LogP contribution is -2.28. The Morgan fingerprint density at radius 3 is 2.72 bits per heavy atom. The number of carbonyl (C=O) groups excluding carboxylic acids is 1. The van der Waals surface area contributed by atoms with Crippen LogP contribution in [0, 0.1) is 6.92 Å². The molecule has 1 heterocycles. The third-order valence-corrected chi connectivity index (χ3v) is 2.32. The zero-order chi connectivity index (χ0) is 12.0. The van der Waals surface area contributed by atoms with Crippen molar-refractivity contribution in [3.63, 3.8) is 0 Å². The van der Waals surface area contributed by atoms with E-state index in [2.05, 4.69) is 10.3 Å². The first-order chi connectivity index (χ1) is 7.67. The number of aromatic nitrogens is 1. The van der Waals surface area contributed by atoms with Crippen LogP contribution in [0.2, 0.25) is 0 Å². The van der Waals surface area contributed by atoms with Crippen LogP contribution in [0.3, 0.4) is 0 Å². The molecule has 104 valence electrons. The number of nitrogens with one attached hydrogen (secondary N) is 1. The third-order valence-electron chi connectivity index (χ3n) is 2.32. The number of halogens is 2. The predicted molar refractivity (Wildman–Crippen MR) is 76.6 cm³/mol. The lowest BCUT2D eigenvalue weighted by atomic mass is 10.2. The molecule has 0 radical (unpaired) electrons. The van der Waals surface area contributed by atoms with Gasteiger partial charge in [0.05, 0.1) is 24.4 Å². The number of methoxy groups -OCH3 is 1. The number of hydrogen-bond acceptors (Lipinski definition) is 4. The van der Waals surface area contributed by atoms with Gasteiger partial charge in [-0.3, -0.25) is 9.78 Å². The fourth-order valence-electron chi connectivity index (χ4n) is 1.27. The highest BCUT2D eigenvalue weighted by Gasteiger charge is 2.12. The molecule has 1 rings (SSSR count). The van der Waals surface area contributed by atoms with Crippen LogP contribution in [0.25, 0.3) is 0 Å². The van der Waals surface area contributed by atoms with Crippen LogP contribution >= 0.6 is 24.8 Å². The number of ether oxygens (including phenoxy) is 1. The van der Waals surface area contributed by atoms with Gasteiger partial charge in [-0.2, -0.15) is 0 Å². The van der Waals surface area contributed by atoms with Crippen molar-refractivity contribution < 1.29 is 9.53 Å². The van der Waals surface area contributed by atoms with Crippen molar-refractivity contribution in [2.75, 3.05) is 19.0 Å². The SMILES string of the molecule is COC(CN)CC(=O)Nc1cnccc1C.Cl.Cl. The molecule has 0 saturated heterocycles. The summed E-state index contributed by atoms with van der Waals surface area (Å²) in [5.74, 6) is -0.117. The highest BCUT2D eigenvalue weighted by atomic mass is 35.5. The molecule has 7 heteroatoms. The van der Waals surface area contributed by atoms with Gasteiger partial charge in [0.2, 0.25) is 5.91 Å². The Balaban J connectivity index is 0. The minimum absolute atomic E-state index is 0. The molecule has 5 nitrogen and oxygen atoms in total. The fraction of sp³-hybridized carbons (Fsp3) is 0.455. The molecule has 0 fully saturated rings. The van der Waals surface area contributed by atoms with Gasteiger partial charge in [0.15, 0.2) is 0 Å². The average Bonchev–Trinajstić information content (AvgIpc) is 2.29. The topological polar surface area (TPSA) is 77.2 Å². The van der Waals surface area contributed by atoms with E-state index in [4.69, 9.17) is 10.5 Å². The average molecular weight is 296 g/mol. The molecule has 0 aliphatic heterocycles. The van der Waals surface area contributed by atoms with E-state index in [9.17, 15) is 4.79 Å². The van der Waals surface area contributed by atoms with Crippen LogP contribution in [-0.2, 0) is 9.53 Å². The first-order valence-electron chi connectivity index (χ1n) is 5.10. The summed E-state index contributed by atoms with van der Waals surface area (Å²) in [4.78, 5) is 15.6. The van der Waals surface area contributed by atoms with Gasteiger partial charge < -0.3 is 15.8 Å². The van der Waals surface area contributed by atoms with Gasteiger partial charge in [-0.05, 0) is 18.6 Å². The lowest BCUT2D eigenvalue weighted by molar-refractivity contribution is -0.118. The molecule has 0 spiro atoms. The molecule has 0 saturated carbocycles. The van der Waals surface area contributed by atoms with Gasteiger partial charge in [0.1, 0.15) is 0 Å². The van der Waals surface area contributed by atoms with Crippen LogP contribution in [0.1, 0.15) is 12.0 Å². The number of rotatable bonds is 5. The van der Waals surface area contributed by atoms with E-state index in [1.165, 1.54) is 0 Å². The second-order valence-electron chi connectivity index (χ2n) is 3.54. The largest absolute Gasteiger partial charge is 0.380 e. The molecule has 1 atom stereocenters. The van der Waals surface area contributed by atoms with Crippen LogP contribution in [0.4, 0.5) is 5.69 Å². The van der Waals surface area contributed by atoms with Crippen molar-refractivity contribution in [1.29, 1.82) is 0 Å². The molecule has 1 unspecified atom stereocenters. The van der Waals surface area contributed by atoms with E-state index in [1.54, 1.807) is 19.5 Å². The molecular formula is C11H19Cl2N3O2. The van der Waals surface area contributed by atoms with Crippen molar-refractivity contribution >= 4 is 36.4 Å². The Labute approximate surface area is 119 Å². The van der Waals surface area contributed by atoms with E-state index in [1.807, 2.05) is 13.0 Å². The Bertz CT molecular complexity index is 360. The highest BCUT2D eigenvalue weighted by molar-refractivity contribution is 5.91. The number of pyridine rings is 1. The maximum absolute atomic E-state index is 11.6. The van der Waals surface area contributed by atoms with Gasteiger partial charge in [-0.1, -0.05) is 0 Å². The summed E-state index contributed by atoms with van der Waals surface area (Å²) in [6.45, 7) is 2.24. The van der Waals surface area contributed by atoms with E-state index in [-0.39, 0.29) is 43.2 Å². The van der Waals surface area contributed by atoms with Gasteiger partial charge in [-0.15, -0.1) is 24.8 Å². The van der Waals surface area contributed by atoms with Crippen LogP contribution in [0.15, 0.2) is 18.5 Å². The van der Waals surface area contributed by atoms with Gasteiger partial charge >= 0.3 is 0 Å². The Morgan fingerprint density at radius 1 is 1.56 bits per heavy atom. The summed E-state index contributed by atoms with van der Waals surface area (Å²) in [6, 6.07) is 1.84. The summed E-state index contributed by atoms with van der Waals surface area (Å²) >= 11 is 0. The summed E-state index contributed by atoms with van der Waals surface area (Å²) in [6.07, 6.45) is 3.32. The minimum atomic E-state index is -0.239. The summed E-state index contributed by atoms with van der Waals surface area (Å²) in [5, 5.41) is 2.77. The quantitative estimate of drug-likeness (QED) is 0.864. The standard InChI is InChI=1S/C11H17N3O2.2ClH/c1-8-3-4-13-7-10(8)14-11(15)5-9(6-12)16-2;;/h3-4,7,9H,5-6,12H2,1-2H3,(H,14,15);2*1H. The maximum atomic E-state index is 11.6. The summed E-state index contributed by atoms with van der Waals surface area (Å²) in [7, 11) is 1.54. The van der Waals surface area contributed by atoms with Crippen molar-refractivity contribution in [2.24, 2.45) is 5.73 Å². The Morgan fingerprint density at radius 2 is 2.22 bits per heavy atom. The summed E-state index contributed by atoms with van der Waals surface area (Å²) in [5.41, 5.74) is 7.14. The first-order valence-corrected chi connectivity index (χ1v) is 5.10. The molecule has 0 bridgehead atoms. The van der Waals surface area contributed by atoms with E-state index in [0.29, 0.717) is 6.54 Å². The van der Waals surface area contributed by atoms with Crippen LogP contribution < -0.4 is 11.1 Å². The second kappa shape index (κ2) is 10.1. The fourth-order valence-corrected chi connectivity index (χ4v) is 1.27. The zero-order valence-electron chi connectivity index (χ0n) is 10.4. The van der Waals surface area contributed by atoms with Crippen LogP contribution in [0.5, 0.6) is 0 Å². The van der Waals surface area contributed by atoms with Gasteiger partial charge in [-0.25, -0.2) is 0 Å².